The molecule has 2 rings (SSSR count). The van der Waals surface area contributed by atoms with Crippen LogP contribution in [-0.4, -0.2) is 30.6 Å². The number of carbonyl (C=O) groups is 1. The zero-order valence-electron chi connectivity index (χ0n) is 12.2. The van der Waals surface area contributed by atoms with Gasteiger partial charge in [-0.05, 0) is 24.1 Å². The van der Waals surface area contributed by atoms with Crippen LogP contribution in [-0.2, 0) is 6.42 Å². The lowest BCUT2D eigenvalue weighted by Gasteiger charge is -2.09. The number of nitrogens with zero attached hydrogens (tertiary/aromatic N) is 1. The molecule has 116 valence electrons. The Hall–Kier alpha value is -2.27. The summed E-state index contributed by atoms with van der Waals surface area (Å²) in [6.45, 7) is 1.66. The highest BCUT2D eigenvalue weighted by molar-refractivity contribution is 6.32. The van der Waals surface area contributed by atoms with Crippen molar-refractivity contribution in [2.45, 2.75) is 6.42 Å². The number of carbonyl (C=O) groups excluding carboxylic acids is 1. The molecule has 0 aliphatic rings. The third-order valence-corrected chi connectivity index (χ3v) is 3.31. The normalized spacial score (nSPS) is 10.0. The van der Waals surface area contributed by atoms with Gasteiger partial charge in [0, 0.05) is 25.8 Å². The van der Waals surface area contributed by atoms with E-state index in [1.165, 1.54) is 5.56 Å². The van der Waals surface area contributed by atoms with Crippen LogP contribution < -0.4 is 16.0 Å². The van der Waals surface area contributed by atoms with Gasteiger partial charge in [-0.1, -0.05) is 41.9 Å². The van der Waals surface area contributed by atoms with Crippen LogP contribution in [0.2, 0.25) is 5.02 Å². The quantitative estimate of drug-likeness (QED) is 0.688. The molecule has 22 heavy (non-hydrogen) atoms. The topological polar surface area (TPSA) is 66.0 Å². The Morgan fingerprint density at radius 3 is 2.55 bits per heavy atom. The third kappa shape index (κ3) is 5.61. The molecule has 1 aromatic carbocycles. The third-order valence-electron chi connectivity index (χ3n) is 3.00. The first-order chi connectivity index (χ1) is 10.8. The second-order valence-corrected chi connectivity index (χ2v) is 5.09. The van der Waals surface area contributed by atoms with Gasteiger partial charge in [-0.15, -0.1) is 0 Å². The molecule has 2 aromatic rings. The van der Waals surface area contributed by atoms with Gasteiger partial charge in [-0.3, -0.25) is 0 Å². The van der Waals surface area contributed by atoms with Gasteiger partial charge in [0.25, 0.3) is 0 Å². The van der Waals surface area contributed by atoms with Crippen molar-refractivity contribution in [3.05, 3.63) is 59.2 Å². The maximum absolute atomic E-state index is 11.6. The predicted molar refractivity (Wildman–Crippen MR) is 89.3 cm³/mol. The van der Waals surface area contributed by atoms with Crippen LogP contribution >= 0.6 is 11.6 Å². The number of pyridine rings is 1. The molecule has 0 saturated carbocycles. The number of rotatable bonds is 7. The fourth-order valence-electron chi connectivity index (χ4n) is 1.90. The molecule has 1 aromatic heterocycles. The number of nitrogens with one attached hydrogen (secondary N) is 3. The number of hydrogen-bond donors (Lipinski definition) is 3. The Balaban J connectivity index is 1.57. The molecule has 5 nitrogen and oxygen atoms in total. The first-order valence-corrected chi connectivity index (χ1v) is 7.53. The van der Waals surface area contributed by atoms with Crippen molar-refractivity contribution in [1.29, 1.82) is 0 Å². The Morgan fingerprint density at radius 2 is 1.77 bits per heavy atom. The first kappa shape index (κ1) is 16.1. The molecule has 0 aliphatic heterocycles. The zero-order chi connectivity index (χ0) is 15.6. The highest BCUT2D eigenvalue weighted by Crippen LogP contribution is 2.16. The number of halogens is 1. The van der Waals surface area contributed by atoms with Crippen LogP contribution in [0.5, 0.6) is 0 Å². The lowest BCUT2D eigenvalue weighted by atomic mass is 10.1. The van der Waals surface area contributed by atoms with Gasteiger partial charge < -0.3 is 16.0 Å². The number of urea groups is 1. The molecule has 2 amide bonds. The number of anilines is 1. The highest BCUT2D eigenvalue weighted by Gasteiger charge is 2.01. The molecule has 0 aliphatic carbocycles. The SMILES string of the molecule is O=C(NCCNc1ncccc1Cl)NCCc1ccccc1. The Morgan fingerprint density at radius 1 is 1.00 bits per heavy atom. The molecule has 0 bridgehead atoms. The summed E-state index contributed by atoms with van der Waals surface area (Å²) in [6, 6.07) is 13.4. The Bertz CT molecular complexity index is 592. The second-order valence-electron chi connectivity index (χ2n) is 4.68. The van der Waals surface area contributed by atoms with Crippen LogP contribution in [0.15, 0.2) is 48.7 Å². The van der Waals surface area contributed by atoms with Crippen LogP contribution in [0, 0.1) is 0 Å². The minimum atomic E-state index is -0.176. The average molecular weight is 319 g/mol. The maximum Gasteiger partial charge on any atom is 0.314 e. The van der Waals surface area contributed by atoms with E-state index < -0.39 is 0 Å². The van der Waals surface area contributed by atoms with Gasteiger partial charge in [0.05, 0.1) is 5.02 Å². The summed E-state index contributed by atoms with van der Waals surface area (Å²) in [6.07, 6.45) is 2.48. The minimum absolute atomic E-state index is 0.176. The summed E-state index contributed by atoms with van der Waals surface area (Å²) in [5, 5.41) is 9.23. The fourth-order valence-corrected chi connectivity index (χ4v) is 2.09. The van der Waals surface area contributed by atoms with Crippen molar-refractivity contribution in [2.75, 3.05) is 25.0 Å². The zero-order valence-corrected chi connectivity index (χ0v) is 12.9. The monoisotopic (exact) mass is 318 g/mol. The van der Waals surface area contributed by atoms with E-state index in [1.807, 2.05) is 30.3 Å². The number of aromatic nitrogens is 1. The smallest absolute Gasteiger partial charge is 0.314 e. The standard InChI is InChI=1S/C16H19ClN4O/c17-14-7-4-9-18-15(14)19-11-12-21-16(22)20-10-8-13-5-2-1-3-6-13/h1-7,9H,8,10-12H2,(H,18,19)(H2,20,21,22). The van der Waals surface area contributed by atoms with E-state index in [1.54, 1.807) is 18.3 Å². The van der Waals surface area contributed by atoms with Crippen molar-refractivity contribution < 1.29 is 4.79 Å². The molecule has 0 radical (unpaired) electrons. The summed E-state index contributed by atoms with van der Waals surface area (Å²) in [7, 11) is 0. The van der Waals surface area contributed by atoms with Crippen LogP contribution in [0.4, 0.5) is 10.6 Å². The largest absolute Gasteiger partial charge is 0.367 e. The van der Waals surface area contributed by atoms with Gasteiger partial charge >= 0.3 is 6.03 Å². The molecule has 6 heteroatoms. The van der Waals surface area contributed by atoms with E-state index >= 15 is 0 Å². The van der Waals surface area contributed by atoms with E-state index in [0.29, 0.717) is 30.5 Å². The van der Waals surface area contributed by atoms with E-state index in [9.17, 15) is 4.79 Å². The molecule has 1 heterocycles. The van der Waals surface area contributed by atoms with Crippen molar-refractivity contribution in [3.63, 3.8) is 0 Å². The Labute approximate surface area is 135 Å². The van der Waals surface area contributed by atoms with Gasteiger partial charge in [0.1, 0.15) is 5.82 Å². The number of benzene rings is 1. The average Bonchev–Trinajstić information content (AvgIpc) is 2.54. The lowest BCUT2D eigenvalue weighted by molar-refractivity contribution is 0.241. The fraction of sp³-hybridized carbons (Fsp3) is 0.250. The van der Waals surface area contributed by atoms with Crippen molar-refractivity contribution in [2.24, 2.45) is 0 Å². The minimum Gasteiger partial charge on any atom is -0.367 e. The number of hydrogen-bond acceptors (Lipinski definition) is 3. The van der Waals surface area contributed by atoms with Crippen molar-refractivity contribution in [3.8, 4) is 0 Å². The summed E-state index contributed by atoms with van der Waals surface area (Å²) >= 11 is 5.97. The summed E-state index contributed by atoms with van der Waals surface area (Å²) < 4.78 is 0. The van der Waals surface area contributed by atoms with Gasteiger partial charge in [0.2, 0.25) is 0 Å². The lowest BCUT2D eigenvalue weighted by Crippen LogP contribution is -2.38. The van der Waals surface area contributed by atoms with Crippen LogP contribution in [0.1, 0.15) is 5.56 Å². The molecule has 0 atom stereocenters. The van der Waals surface area contributed by atoms with Crippen LogP contribution in [0.25, 0.3) is 0 Å². The molecule has 3 N–H and O–H groups in total. The molecule has 0 unspecified atom stereocenters. The second kappa shape index (κ2) is 8.89. The van der Waals surface area contributed by atoms with Crippen LogP contribution in [0.3, 0.4) is 0 Å². The van der Waals surface area contributed by atoms with Gasteiger partial charge in [-0.25, -0.2) is 9.78 Å². The molecular weight excluding hydrogens is 300 g/mol. The van der Waals surface area contributed by atoms with E-state index in [2.05, 4.69) is 20.9 Å². The van der Waals surface area contributed by atoms with E-state index in [-0.39, 0.29) is 6.03 Å². The van der Waals surface area contributed by atoms with Crippen molar-refractivity contribution in [1.82, 2.24) is 15.6 Å². The number of amides is 2. The Kier molecular flexibility index (Phi) is 6.51. The molecule has 0 fully saturated rings. The van der Waals surface area contributed by atoms with E-state index in [4.69, 9.17) is 11.6 Å². The molecular formula is C16H19ClN4O. The predicted octanol–water partition coefficient (Wildman–Crippen LogP) is 2.69. The van der Waals surface area contributed by atoms with Gasteiger partial charge in [-0.2, -0.15) is 0 Å². The summed E-state index contributed by atoms with van der Waals surface area (Å²) in [5.41, 5.74) is 1.20. The van der Waals surface area contributed by atoms with E-state index in [0.717, 1.165) is 6.42 Å². The highest BCUT2D eigenvalue weighted by atomic mass is 35.5. The summed E-state index contributed by atoms with van der Waals surface area (Å²) in [5.74, 6) is 0.621. The maximum atomic E-state index is 11.6. The first-order valence-electron chi connectivity index (χ1n) is 7.16. The van der Waals surface area contributed by atoms with Gasteiger partial charge in [0.15, 0.2) is 0 Å². The van der Waals surface area contributed by atoms with Crippen molar-refractivity contribution >= 4 is 23.4 Å². The molecule has 0 saturated heterocycles. The summed E-state index contributed by atoms with van der Waals surface area (Å²) in [4.78, 5) is 15.7. The molecule has 0 spiro atoms.